The molecule has 0 aromatic carbocycles. The first-order chi connectivity index (χ1) is 6.65. The van der Waals surface area contributed by atoms with Gasteiger partial charge in [0.1, 0.15) is 4.32 Å². The van der Waals surface area contributed by atoms with Crippen LogP contribution in [0.3, 0.4) is 0 Å². The van der Waals surface area contributed by atoms with E-state index in [9.17, 15) is 4.79 Å². The second-order valence-electron chi connectivity index (χ2n) is 3.30. The highest BCUT2D eigenvalue weighted by Gasteiger charge is 2.25. The Hall–Kier alpha value is -0.290. The summed E-state index contributed by atoms with van der Waals surface area (Å²) in [4.78, 5) is 13.4. The first kappa shape index (κ1) is 11.8. The lowest BCUT2D eigenvalue weighted by Gasteiger charge is -2.30. The van der Waals surface area contributed by atoms with Gasteiger partial charge in [-0.3, -0.25) is 4.79 Å². The van der Waals surface area contributed by atoms with Gasteiger partial charge < -0.3 is 9.64 Å². The molecule has 0 aliphatic carbocycles. The standard InChI is InChI=1S/C9H15NO2S2/c1-2-12-8(11)7-3-5-10(6-4-7)9(13)14/h7H,2-6H2,1H3,(H,13,14). The molecule has 1 aliphatic heterocycles. The third-order valence-corrected chi connectivity index (χ3v) is 2.93. The van der Waals surface area contributed by atoms with Gasteiger partial charge in [-0.15, -0.1) is 12.6 Å². The molecular formula is C9H15NO2S2. The number of carbonyl (C=O) groups is 1. The topological polar surface area (TPSA) is 29.5 Å². The number of nitrogens with zero attached hydrogens (tertiary/aromatic N) is 1. The molecule has 0 saturated carbocycles. The summed E-state index contributed by atoms with van der Waals surface area (Å²) < 4.78 is 5.59. The predicted molar refractivity (Wildman–Crippen MR) is 62.5 cm³/mol. The van der Waals surface area contributed by atoms with Crippen LogP contribution in [0.25, 0.3) is 0 Å². The number of ether oxygens (including phenoxy) is 1. The molecule has 1 rings (SSSR count). The highest BCUT2D eigenvalue weighted by molar-refractivity contribution is 8.10. The predicted octanol–water partition coefficient (Wildman–Crippen LogP) is 1.48. The highest BCUT2D eigenvalue weighted by Crippen LogP contribution is 2.19. The summed E-state index contributed by atoms with van der Waals surface area (Å²) in [5.74, 6) is -0.0221. The number of hydrogen-bond acceptors (Lipinski definition) is 3. The molecule has 1 heterocycles. The summed E-state index contributed by atoms with van der Waals surface area (Å²) >= 11 is 9.05. The summed E-state index contributed by atoms with van der Waals surface area (Å²) in [6.07, 6.45) is 1.64. The molecule has 0 radical (unpaired) electrons. The fraction of sp³-hybridized carbons (Fsp3) is 0.778. The Bertz CT molecular complexity index is 225. The van der Waals surface area contributed by atoms with Crippen LogP contribution in [0.2, 0.25) is 0 Å². The molecule has 0 unspecified atom stereocenters. The lowest BCUT2D eigenvalue weighted by Crippen LogP contribution is -2.38. The van der Waals surface area contributed by atoms with Crippen molar-refractivity contribution in [3.05, 3.63) is 0 Å². The average molecular weight is 233 g/mol. The molecule has 0 spiro atoms. The van der Waals surface area contributed by atoms with Crippen LogP contribution in [-0.4, -0.2) is 34.9 Å². The van der Waals surface area contributed by atoms with E-state index in [1.54, 1.807) is 0 Å². The van der Waals surface area contributed by atoms with E-state index < -0.39 is 0 Å². The van der Waals surface area contributed by atoms with E-state index in [4.69, 9.17) is 17.0 Å². The number of likely N-dealkylation sites (tertiary alicyclic amines) is 1. The third-order valence-electron chi connectivity index (χ3n) is 2.39. The molecule has 1 aliphatic rings. The number of thiocarbonyl (C=S) groups is 1. The van der Waals surface area contributed by atoms with Crippen LogP contribution in [0, 0.1) is 5.92 Å². The average Bonchev–Trinajstić information content (AvgIpc) is 2.18. The molecule has 14 heavy (non-hydrogen) atoms. The third kappa shape index (κ3) is 3.13. The van der Waals surface area contributed by atoms with E-state index in [1.165, 1.54) is 0 Å². The summed E-state index contributed by atoms with van der Waals surface area (Å²) in [6.45, 7) is 3.91. The maximum Gasteiger partial charge on any atom is 0.309 e. The Morgan fingerprint density at radius 1 is 1.57 bits per heavy atom. The largest absolute Gasteiger partial charge is 0.466 e. The summed E-state index contributed by atoms with van der Waals surface area (Å²) in [5.41, 5.74) is 0. The Morgan fingerprint density at radius 2 is 2.14 bits per heavy atom. The van der Waals surface area contributed by atoms with Crippen molar-refractivity contribution in [2.45, 2.75) is 19.8 Å². The summed E-state index contributed by atoms with van der Waals surface area (Å²) in [7, 11) is 0. The van der Waals surface area contributed by atoms with Crippen molar-refractivity contribution in [2.75, 3.05) is 19.7 Å². The van der Waals surface area contributed by atoms with Crippen LogP contribution >= 0.6 is 24.8 Å². The first-order valence-corrected chi connectivity index (χ1v) is 5.65. The van der Waals surface area contributed by atoms with Gasteiger partial charge in [0.05, 0.1) is 12.5 Å². The lowest BCUT2D eigenvalue weighted by molar-refractivity contribution is -0.149. The second kappa shape index (κ2) is 5.56. The van der Waals surface area contributed by atoms with Gasteiger partial charge in [-0.25, -0.2) is 0 Å². The number of carbonyl (C=O) groups excluding carboxylic acids is 1. The minimum absolute atomic E-state index is 0.0499. The molecular weight excluding hydrogens is 218 g/mol. The second-order valence-corrected chi connectivity index (χ2v) is 4.41. The maximum absolute atomic E-state index is 11.4. The van der Waals surface area contributed by atoms with Gasteiger partial charge in [-0.05, 0) is 19.8 Å². The number of rotatable bonds is 2. The van der Waals surface area contributed by atoms with Gasteiger partial charge in [0.25, 0.3) is 0 Å². The van der Waals surface area contributed by atoms with Crippen LogP contribution < -0.4 is 0 Å². The van der Waals surface area contributed by atoms with Crippen LogP contribution in [0.4, 0.5) is 0 Å². The Kier molecular flexibility index (Phi) is 4.68. The van der Waals surface area contributed by atoms with Crippen molar-refractivity contribution in [1.29, 1.82) is 0 Å². The molecule has 3 nitrogen and oxygen atoms in total. The molecule has 5 heteroatoms. The number of esters is 1. The Morgan fingerprint density at radius 3 is 2.57 bits per heavy atom. The van der Waals surface area contributed by atoms with Crippen LogP contribution in [0.5, 0.6) is 0 Å². The first-order valence-electron chi connectivity index (χ1n) is 4.79. The number of piperidine rings is 1. The fourth-order valence-corrected chi connectivity index (χ4v) is 1.95. The summed E-state index contributed by atoms with van der Waals surface area (Å²) in [5, 5.41) is 0. The van der Waals surface area contributed by atoms with Gasteiger partial charge in [-0.2, -0.15) is 0 Å². The SMILES string of the molecule is CCOC(=O)C1CCN(C(=S)S)CC1. The van der Waals surface area contributed by atoms with E-state index >= 15 is 0 Å². The van der Waals surface area contributed by atoms with Crippen molar-refractivity contribution in [3.8, 4) is 0 Å². The summed E-state index contributed by atoms with van der Waals surface area (Å²) in [6, 6.07) is 0. The zero-order chi connectivity index (χ0) is 10.6. The minimum Gasteiger partial charge on any atom is -0.466 e. The van der Waals surface area contributed by atoms with Crippen molar-refractivity contribution in [2.24, 2.45) is 5.92 Å². The van der Waals surface area contributed by atoms with E-state index in [0.29, 0.717) is 10.9 Å². The molecule has 0 N–H and O–H groups in total. The maximum atomic E-state index is 11.4. The minimum atomic E-state index is -0.0720. The van der Waals surface area contributed by atoms with Crippen molar-refractivity contribution in [3.63, 3.8) is 0 Å². The number of hydrogen-bond donors (Lipinski definition) is 1. The quantitative estimate of drug-likeness (QED) is 0.444. The van der Waals surface area contributed by atoms with Crippen LogP contribution in [0.1, 0.15) is 19.8 Å². The molecule has 80 valence electrons. The van der Waals surface area contributed by atoms with Gasteiger partial charge in [0, 0.05) is 13.1 Å². The van der Waals surface area contributed by atoms with Crippen LogP contribution in [-0.2, 0) is 9.53 Å². The zero-order valence-corrected chi connectivity index (χ0v) is 9.94. The molecule has 0 aromatic rings. The molecule has 0 amide bonds. The molecule has 1 saturated heterocycles. The van der Waals surface area contributed by atoms with Gasteiger partial charge >= 0.3 is 5.97 Å². The van der Waals surface area contributed by atoms with Gasteiger partial charge in [-0.1, -0.05) is 12.2 Å². The van der Waals surface area contributed by atoms with Gasteiger partial charge in [0.15, 0.2) is 0 Å². The van der Waals surface area contributed by atoms with Crippen molar-refractivity contribution >= 4 is 35.1 Å². The van der Waals surface area contributed by atoms with Gasteiger partial charge in [0.2, 0.25) is 0 Å². The van der Waals surface area contributed by atoms with E-state index in [1.807, 2.05) is 11.8 Å². The Balaban J connectivity index is 2.35. The molecule has 1 fully saturated rings. The van der Waals surface area contributed by atoms with Crippen molar-refractivity contribution < 1.29 is 9.53 Å². The zero-order valence-electron chi connectivity index (χ0n) is 8.23. The van der Waals surface area contributed by atoms with E-state index in [2.05, 4.69) is 12.6 Å². The smallest absolute Gasteiger partial charge is 0.309 e. The van der Waals surface area contributed by atoms with Crippen LogP contribution in [0.15, 0.2) is 0 Å². The molecule has 0 bridgehead atoms. The monoisotopic (exact) mass is 233 g/mol. The molecule has 0 aromatic heterocycles. The number of thiol groups is 1. The Labute approximate surface area is 95.2 Å². The lowest BCUT2D eigenvalue weighted by atomic mass is 9.97. The van der Waals surface area contributed by atoms with E-state index in [-0.39, 0.29) is 11.9 Å². The van der Waals surface area contributed by atoms with E-state index in [0.717, 1.165) is 25.9 Å². The normalized spacial score (nSPS) is 18.0. The fourth-order valence-electron chi connectivity index (χ4n) is 1.57. The van der Waals surface area contributed by atoms with Crippen molar-refractivity contribution in [1.82, 2.24) is 4.90 Å². The highest BCUT2D eigenvalue weighted by atomic mass is 32.1. The molecule has 0 atom stereocenters.